The first-order valence-electron chi connectivity index (χ1n) is 48.8. The van der Waals surface area contributed by atoms with Crippen molar-refractivity contribution < 1.29 is 0 Å². The second-order valence-corrected chi connectivity index (χ2v) is 38.2. The molecule has 0 radical (unpaired) electrons. The van der Waals surface area contributed by atoms with E-state index < -0.39 is 0 Å². The lowest BCUT2D eigenvalue weighted by Gasteiger charge is -2.12. The van der Waals surface area contributed by atoms with E-state index >= 15 is 0 Å². The van der Waals surface area contributed by atoms with Crippen LogP contribution in [0.15, 0.2) is 500 Å². The number of rotatable bonds is 11. The van der Waals surface area contributed by atoms with Crippen molar-refractivity contribution in [3.05, 3.63) is 506 Å². The Morgan fingerprint density at radius 2 is 0.426 bits per heavy atom. The zero-order chi connectivity index (χ0) is 98.7. The molecule has 30 aromatic rings. The van der Waals surface area contributed by atoms with Crippen molar-refractivity contribution in [3.8, 4) is 97.3 Å². The van der Waals surface area contributed by atoms with Gasteiger partial charge in [-0.1, -0.05) is 378 Å². The molecule has 2 N–H and O–H groups in total. The van der Waals surface area contributed by atoms with E-state index in [1.165, 1.54) is 109 Å². The van der Waals surface area contributed by atoms with Gasteiger partial charge in [-0.3, -0.25) is 9.13 Å². The molecular weight excluding hydrogens is 1970 g/mol. The zero-order valence-corrected chi connectivity index (χ0v) is 83.1. The summed E-state index contributed by atoms with van der Waals surface area (Å²) in [6.45, 7) is 0. The van der Waals surface area contributed by atoms with E-state index in [-0.39, 0.29) is 5.28 Å². The van der Waals surface area contributed by atoms with Gasteiger partial charge in [0.15, 0.2) is 34.9 Å². The van der Waals surface area contributed by atoms with Crippen molar-refractivity contribution in [2.75, 3.05) is 0 Å². The lowest BCUT2D eigenvalue weighted by molar-refractivity contribution is 0.953. The average molecular weight is 2050 g/mol. The van der Waals surface area contributed by atoms with Gasteiger partial charge in [0.1, 0.15) is 0 Å². The monoisotopic (exact) mass is 2050 g/mol. The SMILES string of the molecule is Brc1ccc2[nH]c3ccccc3c2c1.Brc1ccc2c(c1)c1ccccc1n2-c1nc(-c2ccccc2)nc(-c2ccccc2)n1.Clc1nc(-c2ccccc2)nc(-c2ccccc2)n1.c1ccc(-c2nc(-c3ccccc3)nc(-n3c4ccccc4c4cc(-n5c6ccccc6c6c7c8ccccc8n(-c8ccccc8)c7ccc65)ccc43)n2)cc1.c1ccc(-n2c3ccccc3c3c4c(ccc32)[nH]c2ccccc24)cc1. The lowest BCUT2D eigenvalue weighted by Crippen LogP contribution is -2.06. The average Bonchev–Trinajstić information content (AvgIpc) is 1.54. The van der Waals surface area contributed by atoms with E-state index in [9.17, 15) is 0 Å². The molecule has 19 heteroatoms. The predicted octanol–water partition coefficient (Wildman–Crippen LogP) is 33.9. The van der Waals surface area contributed by atoms with Crippen LogP contribution in [0.5, 0.6) is 0 Å². The van der Waals surface area contributed by atoms with Crippen LogP contribution in [0.25, 0.3) is 250 Å². The number of aromatic amines is 2. The van der Waals surface area contributed by atoms with Crippen molar-refractivity contribution >= 4 is 196 Å². The highest BCUT2D eigenvalue weighted by molar-refractivity contribution is 9.10. The molecule has 0 atom stereocenters. The molecule has 0 aliphatic carbocycles. The van der Waals surface area contributed by atoms with Gasteiger partial charge in [-0.2, -0.15) is 29.9 Å². The number of benzene rings is 20. The maximum atomic E-state index is 5.99. The Kier molecular flexibility index (Phi) is 23.3. The number of hydrogen-bond acceptors (Lipinski definition) is 9. The first-order valence-corrected chi connectivity index (χ1v) is 50.8. The van der Waals surface area contributed by atoms with Crippen LogP contribution in [-0.4, -0.2) is 77.7 Å². The molecule has 10 aromatic heterocycles. The highest BCUT2D eigenvalue weighted by atomic mass is 79.9. The third-order valence-corrected chi connectivity index (χ3v) is 28.4. The van der Waals surface area contributed by atoms with Crippen molar-refractivity contribution in [1.82, 2.24) is 77.7 Å². The molecular formula is C129H83Br2ClN16. The summed E-state index contributed by atoms with van der Waals surface area (Å²) in [5.41, 5.74) is 25.2. The normalized spacial score (nSPS) is 11.5. The van der Waals surface area contributed by atoms with Crippen LogP contribution in [0, 0.1) is 0 Å². The number of nitrogens with one attached hydrogen (secondary N) is 2. The molecule has 0 spiro atoms. The number of H-pyrrole nitrogens is 2. The van der Waals surface area contributed by atoms with Gasteiger partial charge in [-0.25, -0.2) is 15.0 Å². The van der Waals surface area contributed by atoms with Crippen LogP contribution in [0.1, 0.15) is 0 Å². The first-order chi connectivity index (χ1) is 73.2. The highest BCUT2D eigenvalue weighted by Gasteiger charge is 2.26. The summed E-state index contributed by atoms with van der Waals surface area (Å²) in [5, 5.41) is 17.5. The zero-order valence-electron chi connectivity index (χ0n) is 79.2. The van der Waals surface area contributed by atoms with Gasteiger partial charge in [0.2, 0.25) is 17.2 Å². The molecule has 16 nitrogen and oxygen atoms in total. The smallest absolute Gasteiger partial charge is 0.238 e. The van der Waals surface area contributed by atoms with E-state index in [1.807, 2.05) is 194 Å². The molecule has 20 aromatic carbocycles. The molecule has 0 saturated heterocycles. The van der Waals surface area contributed by atoms with Crippen molar-refractivity contribution in [1.29, 1.82) is 0 Å². The minimum atomic E-state index is 0.202. The first kappa shape index (κ1) is 89.4. The number of aromatic nitrogens is 16. The van der Waals surface area contributed by atoms with Gasteiger partial charge in [0, 0.05) is 157 Å². The largest absolute Gasteiger partial charge is 0.355 e. The summed E-state index contributed by atoms with van der Waals surface area (Å²) in [4.78, 5) is 49.7. The van der Waals surface area contributed by atoms with E-state index in [2.05, 4.69) is 377 Å². The molecule has 0 aliphatic rings. The summed E-state index contributed by atoms with van der Waals surface area (Å²) >= 11 is 13.1. The van der Waals surface area contributed by atoms with E-state index in [1.54, 1.807) is 0 Å². The van der Waals surface area contributed by atoms with Gasteiger partial charge in [0.25, 0.3) is 0 Å². The molecule has 0 fully saturated rings. The summed E-state index contributed by atoms with van der Waals surface area (Å²) in [6, 6.07) is 170. The molecule has 0 saturated carbocycles. The molecule has 0 amide bonds. The van der Waals surface area contributed by atoms with Crippen LogP contribution in [-0.2, 0) is 0 Å². The number of fused-ring (bicyclic) bond motifs is 23. The highest BCUT2D eigenvalue weighted by Crippen LogP contribution is 2.46. The number of halogens is 3. The fraction of sp³-hybridized carbons (Fsp3) is 0. The molecule has 0 bridgehead atoms. The van der Waals surface area contributed by atoms with E-state index in [4.69, 9.17) is 41.5 Å². The van der Waals surface area contributed by atoms with Gasteiger partial charge in [-0.15, -0.1) is 0 Å². The summed E-state index contributed by atoms with van der Waals surface area (Å²) in [7, 11) is 0. The third-order valence-electron chi connectivity index (χ3n) is 27.3. The number of hydrogen-bond donors (Lipinski definition) is 2. The maximum Gasteiger partial charge on any atom is 0.238 e. The summed E-state index contributed by atoms with van der Waals surface area (Å²) in [5.74, 6) is 4.91. The van der Waals surface area contributed by atoms with Crippen molar-refractivity contribution in [2.45, 2.75) is 0 Å². The molecule has 700 valence electrons. The van der Waals surface area contributed by atoms with Crippen LogP contribution in [0.4, 0.5) is 0 Å². The van der Waals surface area contributed by atoms with Crippen LogP contribution in [0.3, 0.4) is 0 Å². The molecule has 148 heavy (non-hydrogen) atoms. The summed E-state index contributed by atoms with van der Waals surface area (Å²) in [6.07, 6.45) is 0. The van der Waals surface area contributed by atoms with Gasteiger partial charge >= 0.3 is 0 Å². The number of para-hydroxylation sites is 9. The van der Waals surface area contributed by atoms with Gasteiger partial charge in [0.05, 0.1) is 55.2 Å². The third kappa shape index (κ3) is 16.4. The number of nitrogens with zero attached hydrogens (tertiary/aromatic N) is 14. The van der Waals surface area contributed by atoms with E-state index in [0.717, 1.165) is 103 Å². The Morgan fingerprint density at radius 3 is 0.831 bits per heavy atom. The van der Waals surface area contributed by atoms with Crippen LogP contribution >= 0.6 is 43.5 Å². The van der Waals surface area contributed by atoms with Gasteiger partial charge in [-0.05, 0) is 157 Å². The Hall–Kier alpha value is -18.7. The Morgan fingerprint density at radius 1 is 0.169 bits per heavy atom. The van der Waals surface area contributed by atoms with Crippen molar-refractivity contribution in [3.63, 3.8) is 0 Å². The fourth-order valence-corrected chi connectivity index (χ4v) is 21.7. The van der Waals surface area contributed by atoms with Crippen LogP contribution < -0.4 is 0 Å². The minimum Gasteiger partial charge on any atom is -0.355 e. The Balaban J connectivity index is 0.000000103. The molecule has 10 heterocycles. The predicted molar refractivity (Wildman–Crippen MR) is 616 cm³/mol. The maximum absolute atomic E-state index is 5.99. The second kappa shape index (κ2) is 38.5. The lowest BCUT2D eigenvalue weighted by atomic mass is 10.1. The topological polar surface area (TPSA) is 172 Å². The quantitative estimate of drug-likeness (QED) is 0.128. The van der Waals surface area contributed by atoms with E-state index in [0.29, 0.717) is 46.8 Å². The summed E-state index contributed by atoms with van der Waals surface area (Å²) < 4.78 is 13.7. The standard InChI is InChI=1S/C51H32N6.C27H17BrN4.C24H16N2.C15H10ClN3.C12H8BrN/c1-4-16-33(17-5-1)49-52-50(34-18-6-2-7-19-34)54-51(53-49)57-41-25-13-10-22-37(41)40-32-36(28-29-44(40)57)56-43-27-15-12-24-39(43)48-46(56)31-30-45-47(48)38-23-11-14-26-42(38)55(45)35-20-8-3-9-21-35;28-20-15-16-24-22(17-20)21-13-7-8-14-23(21)32(24)27-30-25(18-9-3-1-4-10-18)29-26(31-27)19-11-5-2-6-12-19;1-2-8-16(9-3-1)26-21-13-7-5-11-18(21)24-22(26)15-14-20-23(24)17-10-4-6-12-19(17)25-20;16-15-18-13(11-7-3-1-4-8-11)17-14(19-15)12-9-5-2-6-10-12;13-8-5-6-12-10(7-8)9-3-1-2-4-11(9)14-12/h1-32H;1-17H;1-15,25H;1-10H;1-7,14H. The fourth-order valence-electron chi connectivity index (χ4n) is 20.8. The second-order valence-electron chi connectivity index (χ2n) is 36.1. The molecule has 0 unspecified atom stereocenters. The molecule has 30 rings (SSSR count). The van der Waals surface area contributed by atoms with Crippen molar-refractivity contribution in [2.24, 2.45) is 0 Å². The Labute approximate surface area is 869 Å². The minimum absolute atomic E-state index is 0.202. The Bertz CT molecular complexity index is 10100. The van der Waals surface area contributed by atoms with Crippen LogP contribution in [0.2, 0.25) is 5.28 Å². The molecule has 0 aliphatic heterocycles. The van der Waals surface area contributed by atoms with Gasteiger partial charge < -0.3 is 23.7 Å².